The van der Waals surface area contributed by atoms with Crippen molar-refractivity contribution in [1.29, 1.82) is 0 Å². The molecule has 1 unspecified atom stereocenters. The summed E-state index contributed by atoms with van der Waals surface area (Å²) in [6.45, 7) is 9.23. The second-order valence-corrected chi connectivity index (χ2v) is 5.57. The molecular weight excluding hydrogens is 268 g/mol. The van der Waals surface area contributed by atoms with Crippen molar-refractivity contribution in [2.24, 2.45) is 5.16 Å². The fourth-order valence-electron chi connectivity index (χ4n) is 2.44. The maximum absolute atomic E-state index is 8.93. The molecule has 1 aromatic carbocycles. The highest BCUT2D eigenvalue weighted by Crippen LogP contribution is 2.20. The third-order valence-electron chi connectivity index (χ3n) is 3.75. The number of hydrogen-bond acceptors (Lipinski definition) is 5. The lowest BCUT2D eigenvalue weighted by Crippen LogP contribution is -2.47. The third kappa shape index (κ3) is 4.19. The first-order valence-corrected chi connectivity index (χ1v) is 7.38. The van der Waals surface area contributed by atoms with Gasteiger partial charge in [-0.3, -0.25) is 4.90 Å². The molecule has 0 radical (unpaired) electrons. The zero-order chi connectivity index (χ0) is 15.2. The van der Waals surface area contributed by atoms with Crippen molar-refractivity contribution in [3.8, 4) is 5.75 Å². The van der Waals surface area contributed by atoms with Gasteiger partial charge in [0, 0.05) is 24.7 Å². The van der Waals surface area contributed by atoms with Gasteiger partial charge < -0.3 is 14.7 Å². The van der Waals surface area contributed by atoms with Crippen molar-refractivity contribution in [3.05, 3.63) is 29.8 Å². The number of oxime groups is 1. The molecule has 1 N–H and O–H groups in total. The lowest BCUT2D eigenvalue weighted by molar-refractivity contribution is -0.0564. The van der Waals surface area contributed by atoms with E-state index in [0.29, 0.717) is 18.4 Å². The molecule has 1 saturated heterocycles. The lowest BCUT2D eigenvalue weighted by atomic mass is 10.1. The van der Waals surface area contributed by atoms with E-state index in [2.05, 4.69) is 23.9 Å². The SMILES string of the molecule is CC(=NO)c1ccccc1OCC1CN(C(C)C)CCO1. The number of hydrogen-bond donors (Lipinski definition) is 1. The maximum atomic E-state index is 8.93. The smallest absolute Gasteiger partial charge is 0.128 e. The Balaban J connectivity index is 1.97. The average Bonchev–Trinajstić information content (AvgIpc) is 2.52. The molecule has 0 spiro atoms. The first kappa shape index (κ1) is 15.8. The minimum absolute atomic E-state index is 0.0700. The summed E-state index contributed by atoms with van der Waals surface area (Å²) >= 11 is 0. The molecule has 1 aliphatic rings. The monoisotopic (exact) mass is 292 g/mol. The van der Waals surface area contributed by atoms with E-state index < -0.39 is 0 Å². The van der Waals surface area contributed by atoms with Crippen LogP contribution in [0.1, 0.15) is 26.3 Å². The molecule has 1 aromatic rings. The van der Waals surface area contributed by atoms with Gasteiger partial charge in [0.15, 0.2) is 0 Å². The van der Waals surface area contributed by atoms with Gasteiger partial charge in [-0.1, -0.05) is 17.3 Å². The highest BCUT2D eigenvalue weighted by Gasteiger charge is 2.23. The fourth-order valence-corrected chi connectivity index (χ4v) is 2.44. The Bertz CT molecular complexity index is 488. The Hall–Kier alpha value is -1.59. The minimum atomic E-state index is 0.0700. The van der Waals surface area contributed by atoms with Crippen LogP contribution < -0.4 is 4.74 Å². The van der Waals surface area contributed by atoms with Crippen LogP contribution in [0, 0.1) is 0 Å². The van der Waals surface area contributed by atoms with E-state index in [1.165, 1.54) is 0 Å². The van der Waals surface area contributed by atoms with E-state index in [4.69, 9.17) is 14.7 Å². The van der Waals surface area contributed by atoms with E-state index in [1.54, 1.807) is 6.92 Å². The predicted molar refractivity (Wildman–Crippen MR) is 82.4 cm³/mol. The standard InChI is InChI=1S/C16H24N2O3/c1-12(2)18-8-9-20-14(10-18)11-21-16-7-5-4-6-15(16)13(3)17-19/h4-7,12,14,19H,8-11H2,1-3H3. The maximum Gasteiger partial charge on any atom is 0.128 e. The van der Waals surface area contributed by atoms with Gasteiger partial charge in [-0.05, 0) is 32.9 Å². The second kappa shape index (κ2) is 7.43. The van der Waals surface area contributed by atoms with Crippen molar-refractivity contribution in [3.63, 3.8) is 0 Å². The van der Waals surface area contributed by atoms with Gasteiger partial charge in [-0.15, -0.1) is 0 Å². The van der Waals surface area contributed by atoms with Crippen molar-refractivity contribution in [2.75, 3.05) is 26.3 Å². The number of nitrogens with zero attached hydrogens (tertiary/aromatic N) is 2. The van der Waals surface area contributed by atoms with Gasteiger partial charge in [-0.25, -0.2) is 0 Å². The van der Waals surface area contributed by atoms with Crippen LogP contribution in [-0.2, 0) is 4.74 Å². The number of benzene rings is 1. The zero-order valence-corrected chi connectivity index (χ0v) is 13.0. The van der Waals surface area contributed by atoms with Gasteiger partial charge >= 0.3 is 0 Å². The largest absolute Gasteiger partial charge is 0.490 e. The third-order valence-corrected chi connectivity index (χ3v) is 3.75. The van der Waals surface area contributed by atoms with Crippen LogP contribution in [-0.4, -0.2) is 54.3 Å². The van der Waals surface area contributed by atoms with Gasteiger partial charge in [0.1, 0.15) is 18.5 Å². The van der Waals surface area contributed by atoms with Crippen molar-refractivity contribution < 1.29 is 14.7 Å². The van der Waals surface area contributed by atoms with Gasteiger partial charge in [-0.2, -0.15) is 0 Å². The molecular formula is C16H24N2O3. The molecule has 0 aromatic heterocycles. The molecule has 1 heterocycles. The Morgan fingerprint density at radius 2 is 2.24 bits per heavy atom. The van der Waals surface area contributed by atoms with Crippen LogP contribution in [0.3, 0.4) is 0 Å². The number of ether oxygens (including phenoxy) is 2. The first-order valence-electron chi connectivity index (χ1n) is 7.38. The van der Waals surface area contributed by atoms with Crippen LogP contribution in [0.25, 0.3) is 0 Å². The average molecular weight is 292 g/mol. The van der Waals surface area contributed by atoms with Gasteiger partial charge in [0.2, 0.25) is 0 Å². The molecule has 0 aliphatic carbocycles. The molecule has 1 fully saturated rings. The second-order valence-electron chi connectivity index (χ2n) is 5.57. The van der Waals surface area contributed by atoms with Crippen LogP contribution in [0.5, 0.6) is 5.75 Å². The van der Waals surface area contributed by atoms with Crippen LogP contribution >= 0.6 is 0 Å². The van der Waals surface area contributed by atoms with E-state index in [9.17, 15) is 0 Å². The molecule has 0 amide bonds. The van der Waals surface area contributed by atoms with Crippen molar-refractivity contribution in [2.45, 2.75) is 32.9 Å². The quantitative estimate of drug-likeness (QED) is 0.514. The normalized spacial score (nSPS) is 20.8. The minimum Gasteiger partial charge on any atom is -0.490 e. The highest BCUT2D eigenvalue weighted by atomic mass is 16.5. The predicted octanol–water partition coefficient (Wildman–Crippen LogP) is 2.37. The highest BCUT2D eigenvalue weighted by molar-refractivity contribution is 6.00. The summed E-state index contributed by atoms with van der Waals surface area (Å²) in [4.78, 5) is 2.39. The van der Waals surface area contributed by atoms with Crippen LogP contribution in [0.4, 0.5) is 0 Å². The summed E-state index contributed by atoms with van der Waals surface area (Å²) in [6.07, 6.45) is 0.0700. The van der Waals surface area contributed by atoms with Crippen LogP contribution in [0.2, 0.25) is 0 Å². The molecule has 5 nitrogen and oxygen atoms in total. The molecule has 1 aliphatic heterocycles. The summed E-state index contributed by atoms with van der Waals surface area (Å²) in [5.41, 5.74) is 1.34. The molecule has 5 heteroatoms. The van der Waals surface area contributed by atoms with Gasteiger partial charge in [0.25, 0.3) is 0 Å². The van der Waals surface area contributed by atoms with E-state index in [-0.39, 0.29) is 6.10 Å². The number of para-hydroxylation sites is 1. The summed E-state index contributed by atoms with van der Waals surface area (Å²) < 4.78 is 11.6. The molecule has 21 heavy (non-hydrogen) atoms. The summed E-state index contributed by atoms with van der Waals surface area (Å²) in [5.74, 6) is 0.720. The van der Waals surface area contributed by atoms with Crippen molar-refractivity contribution in [1.82, 2.24) is 4.90 Å². The lowest BCUT2D eigenvalue weighted by Gasteiger charge is -2.35. The number of rotatable bonds is 5. The van der Waals surface area contributed by atoms with E-state index in [1.807, 2.05) is 24.3 Å². The Kier molecular flexibility index (Phi) is 5.59. The summed E-state index contributed by atoms with van der Waals surface area (Å²) in [6, 6.07) is 8.09. The fraction of sp³-hybridized carbons (Fsp3) is 0.562. The van der Waals surface area contributed by atoms with E-state index in [0.717, 1.165) is 31.0 Å². The molecule has 0 bridgehead atoms. The molecule has 0 saturated carbocycles. The summed E-state index contributed by atoms with van der Waals surface area (Å²) in [7, 11) is 0. The Morgan fingerprint density at radius 1 is 1.48 bits per heavy atom. The zero-order valence-electron chi connectivity index (χ0n) is 13.0. The first-order chi connectivity index (χ1) is 10.1. The topological polar surface area (TPSA) is 54.3 Å². The Morgan fingerprint density at radius 3 is 2.95 bits per heavy atom. The molecule has 2 rings (SSSR count). The van der Waals surface area contributed by atoms with E-state index >= 15 is 0 Å². The Labute approximate surface area is 126 Å². The molecule has 116 valence electrons. The van der Waals surface area contributed by atoms with Crippen molar-refractivity contribution >= 4 is 5.71 Å². The molecule has 1 atom stereocenters. The number of morpholine rings is 1. The van der Waals surface area contributed by atoms with Crippen LogP contribution in [0.15, 0.2) is 29.4 Å². The van der Waals surface area contributed by atoms with Gasteiger partial charge in [0.05, 0.1) is 12.3 Å². The summed E-state index contributed by atoms with van der Waals surface area (Å²) in [5, 5.41) is 12.2.